The van der Waals surface area contributed by atoms with Gasteiger partial charge in [0.25, 0.3) is 0 Å². The summed E-state index contributed by atoms with van der Waals surface area (Å²) in [6.45, 7) is 8.45. The fraction of sp³-hybridized carbons (Fsp3) is 0.400. The number of rotatable bonds is 6. The van der Waals surface area contributed by atoms with Crippen molar-refractivity contribution in [2.75, 3.05) is 0 Å². The molecule has 0 unspecified atom stereocenters. The molecule has 0 spiro atoms. The summed E-state index contributed by atoms with van der Waals surface area (Å²) in [4.78, 5) is 0. The summed E-state index contributed by atoms with van der Waals surface area (Å²) in [6.07, 6.45) is 4.56. The molecule has 0 aliphatic carbocycles. The number of benzene rings is 2. The molecule has 0 aromatic heterocycles. The number of hydrogen-bond donors (Lipinski definition) is 0. The molecule has 0 saturated carbocycles. The molecule has 0 saturated heterocycles. The first kappa shape index (κ1) is 17.6. The fourth-order valence-electron chi connectivity index (χ4n) is 3.25. The molecule has 0 heterocycles. The standard InChI is InChI=1S/C20H26GeSi/c1-5-15-11-9-12-16(6-2)19(15)22(21)20-17(7-3)13-10-14-18(20)8-4/h9-14H,5-8H2,1-4H3. The third-order valence-electron chi connectivity index (χ3n) is 4.50. The normalized spacial score (nSPS) is 10.7. The Morgan fingerprint density at radius 1 is 0.636 bits per heavy atom. The van der Waals surface area contributed by atoms with Gasteiger partial charge in [-0.15, -0.1) is 0 Å². The van der Waals surface area contributed by atoms with Crippen molar-refractivity contribution in [1.82, 2.24) is 0 Å². The van der Waals surface area contributed by atoms with Crippen LogP contribution in [0.2, 0.25) is 0 Å². The molecule has 2 aromatic rings. The van der Waals surface area contributed by atoms with Gasteiger partial charge >= 0.3 is 145 Å². The van der Waals surface area contributed by atoms with Crippen molar-refractivity contribution < 1.29 is 0 Å². The molecule has 0 bridgehead atoms. The molecule has 0 nitrogen and oxygen atoms in total. The first-order valence-electron chi connectivity index (χ1n) is 8.48. The molecule has 2 radical (unpaired) electrons. The molecule has 22 heavy (non-hydrogen) atoms. The van der Waals surface area contributed by atoms with Gasteiger partial charge in [0.15, 0.2) is 0 Å². The van der Waals surface area contributed by atoms with Crippen LogP contribution in [0, 0.1) is 0 Å². The van der Waals surface area contributed by atoms with E-state index < -0.39 is 6.86 Å². The van der Waals surface area contributed by atoms with Gasteiger partial charge in [0.05, 0.1) is 0 Å². The maximum absolute atomic E-state index is 2.51. The van der Waals surface area contributed by atoms with Crippen LogP contribution in [-0.4, -0.2) is 22.2 Å². The molecule has 0 amide bonds. The van der Waals surface area contributed by atoms with Gasteiger partial charge in [0.2, 0.25) is 0 Å². The van der Waals surface area contributed by atoms with Gasteiger partial charge in [-0.3, -0.25) is 0 Å². The molecule has 2 rings (SSSR count). The first-order chi connectivity index (χ1) is 10.7. The Labute approximate surface area is 144 Å². The van der Waals surface area contributed by atoms with Crippen LogP contribution in [0.5, 0.6) is 0 Å². The second-order valence-corrected chi connectivity index (χ2v) is 10.6. The van der Waals surface area contributed by atoms with Crippen molar-refractivity contribution in [2.24, 2.45) is 0 Å². The quantitative estimate of drug-likeness (QED) is 0.688. The SMILES string of the molecule is CCc1cccc(CC)c1[Si](=[Ge])c1c(CC)cccc1CC. The van der Waals surface area contributed by atoms with Gasteiger partial charge in [-0.05, 0) is 0 Å². The van der Waals surface area contributed by atoms with E-state index in [1.807, 2.05) is 0 Å². The van der Waals surface area contributed by atoms with Crippen molar-refractivity contribution in [3.63, 3.8) is 0 Å². The molecule has 114 valence electrons. The summed E-state index contributed by atoms with van der Waals surface area (Å²) in [7, 11) is 0. The van der Waals surface area contributed by atoms with E-state index in [1.54, 1.807) is 32.6 Å². The zero-order valence-corrected chi connectivity index (χ0v) is 17.4. The van der Waals surface area contributed by atoms with Crippen molar-refractivity contribution in [2.45, 2.75) is 53.4 Å². The molecular weight excluding hydrogens is 341 g/mol. The Kier molecular flexibility index (Phi) is 6.51. The summed E-state index contributed by atoms with van der Waals surface area (Å²) in [6, 6.07) is 13.8. The summed E-state index contributed by atoms with van der Waals surface area (Å²) in [5.74, 6) is 0. The van der Waals surface area contributed by atoms with E-state index in [1.165, 1.54) is 0 Å². The molecule has 2 heteroatoms. The van der Waals surface area contributed by atoms with E-state index in [0.717, 1.165) is 25.7 Å². The van der Waals surface area contributed by atoms with Crippen LogP contribution in [0.1, 0.15) is 49.9 Å². The van der Waals surface area contributed by atoms with E-state index in [9.17, 15) is 0 Å². The fourth-order valence-corrected chi connectivity index (χ4v) is 9.87. The third-order valence-corrected chi connectivity index (χ3v) is 9.93. The van der Waals surface area contributed by atoms with Crippen molar-refractivity contribution in [3.05, 3.63) is 58.7 Å². The van der Waals surface area contributed by atoms with E-state index in [-0.39, 0.29) is 0 Å². The molecule has 0 atom stereocenters. The Hall–Kier alpha value is -0.800. The summed E-state index contributed by atoms with van der Waals surface area (Å²) in [5, 5.41) is 3.35. The van der Waals surface area contributed by atoms with E-state index >= 15 is 0 Å². The molecular formula is C20H26GeSi. The second-order valence-electron chi connectivity index (χ2n) is 5.69. The van der Waals surface area contributed by atoms with Gasteiger partial charge in [0.1, 0.15) is 0 Å². The van der Waals surface area contributed by atoms with Gasteiger partial charge in [-0.2, -0.15) is 0 Å². The van der Waals surface area contributed by atoms with Crippen LogP contribution in [0.3, 0.4) is 0 Å². The van der Waals surface area contributed by atoms with Gasteiger partial charge in [-0.25, -0.2) is 0 Å². The topological polar surface area (TPSA) is 0 Å². The van der Waals surface area contributed by atoms with E-state index in [2.05, 4.69) is 79.5 Å². The minimum atomic E-state index is -0.712. The van der Waals surface area contributed by atoms with Crippen molar-refractivity contribution in [1.29, 1.82) is 0 Å². The molecule has 0 N–H and O–H groups in total. The molecule has 0 aliphatic heterocycles. The second kappa shape index (κ2) is 8.16. The molecule has 2 aromatic carbocycles. The van der Waals surface area contributed by atoms with Crippen LogP contribution in [0.4, 0.5) is 0 Å². The minimum absolute atomic E-state index is 0.712. The predicted molar refractivity (Wildman–Crippen MR) is 101 cm³/mol. The number of aryl methyl sites for hydroxylation is 4. The average Bonchev–Trinajstić information content (AvgIpc) is 2.59. The van der Waals surface area contributed by atoms with Crippen LogP contribution in [-0.2, 0) is 25.7 Å². The van der Waals surface area contributed by atoms with Crippen LogP contribution >= 0.6 is 0 Å². The maximum atomic E-state index is 2.51. The predicted octanol–water partition coefficient (Wildman–Crippen LogP) is 3.21. The first-order valence-corrected chi connectivity index (χ1v) is 13.1. The van der Waals surface area contributed by atoms with Gasteiger partial charge in [0, 0.05) is 0 Å². The van der Waals surface area contributed by atoms with Gasteiger partial charge < -0.3 is 0 Å². The third kappa shape index (κ3) is 3.41. The zero-order chi connectivity index (χ0) is 16.1. The van der Waals surface area contributed by atoms with Gasteiger partial charge in [-0.1, -0.05) is 0 Å². The summed E-state index contributed by atoms with van der Waals surface area (Å²) in [5.41, 5.74) is 6.24. The molecule has 0 aliphatic rings. The molecule has 0 fully saturated rings. The Balaban J connectivity index is 2.68. The van der Waals surface area contributed by atoms with Crippen LogP contribution in [0.25, 0.3) is 0 Å². The Bertz CT molecular complexity index is 571. The van der Waals surface area contributed by atoms with Crippen molar-refractivity contribution >= 4 is 32.6 Å². The monoisotopic (exact) mass is 368 g/mol. The zero-order valence-electron chi connectivity index (χ0n) is 14.3. The Morgan fingerprint density at radius 2 is 0.909 bits per heavy atom. The number of hydrogen-bond acceptors (Lipinski definition) is 0. The van der Waals surface area contributed by atoms with Crippen LogP contribution < -0.4 is 10.4 Å². The summed E-state index contributed by atoms with van der Waals surface area (Å²) >= 11 is 2.51. The van der Waals surface area contributed by atoms with Crippen molar-refractivity contribution in [3.8, 4) is 0 Å². The van der Waals surface area contributed by atoms with Crippen LogP contribution in [0.15, 0.2) is 36.4 Å². The van der Waals surface area contributed by atoms with E-state index in [4.69, 9.17) is 0 Å². The van der Waals surface area contributed by atoms with E-state index in [0.29, 0.717) is 0 Å². The average molecular weight is 367 g/mol. The summed E-state index contributed by atoms with van der Waals surface area (Å²) < 4.78 is 0. The Morgan fingerprint density at radius 3 is 1.14 bits per heavy atom.